The Kier molecular flexibility index (Phi) is 4.26. The maximum absolute atomic E-state index is 13.6. The fraction of sp³-hybridized carbons (Fsp3) is 0.767. The van der Waals surface area contributed by atoms with E-state index in [1.165, 1.54) is 12.0 Å². The molecule has 1 spiro atoms. The number of carbonyl (C=O) groups is 1. The van der Waals surface area contributed by atoms with Crippen LogP contribution in [0.1, 0.15) is 197 Å². The molecular formula is C30H183NO4. The molecule has 1 saturated heterocycles. The highest BCUT2D eigenvalue weighted by Gasteiger charge is 2.85. The first-order chi connectivity index (χ1) is 16.0. The molecule has 2 bridgehead atoms. The number of Topliss-reactive ketones (excluding diaryl/α,β-unsaturated/α-hetero) is 1. The van der Waals surface area contributed by atoms with Crippen molar-refractivity contribution in [3.8, 4) is 11.5 Å². The molecule has 3 unspecified atom stereocenters. The second kappa shape index (κ2) is 6.27. The summed E-state index contributed by atoms with van der Waals surface area (Å²) in [5, 5.41) is 24.6. The van der Waals surface area contributed by atoms with E-state index in [2.05, 4.69) is 67.2 Å². The van der Waals surface area contributed by atoms with Crippen molar-refractivity contribution in [2.75, 3.05) is 0 Å². The van der Waals surface area contributed by atoms with Crippen molar-refractivity contribution in [2.24, 2.45) is 17.3 Å². The van der Waals surface area contributed by atoms with E-state index in [0.717, 1.165) is 16.7 Å². The SMILES string of the molecule is Cc1c(C)c2c3c(c1O)O[C@H]1C(=O)CC[C@@]4(O)[C@H](N(C(C)C5CC5C)C(C)(C)C(C)(C)[C@]314)C2(C)C.[HH].[HH].[HH].[HH].[HH].[HH].[HH].[HH].[HH].[HH].[HH].[HH].[HH].[HH].[HH].[HH].[HH].[HH].[HH].[HH].[HH].[HH].[HH].[HH].[HH].[HH].[HH].[HH].[HH].[HH].[HH].[HH].[HH].[HH].[HH].[HH].[HH].[HH].[HH].[HH].[HH].[HH].[HH].[HH].[HH].[HH].[HH].[HH].[HH].[HH].[HH].[HH].[HH].[HH].[HH].[HH].[HH].[HH].[HH].[HH].[HH].[HH].[HH].[HH].[HH].[HH].[HH].[HH].[HH].[HH]. The van der Waals surface area contributed by atoms with Crippen LogP contribution in [0.15, 0.2) is 0 Å². The van der Waals surface area contributed by atoms with Gasteiger partial charge in [0.05, 0.1) is 11.0 Å². The van der Waals surface area contributed by atoms with Gasteiger partial charge in [-0.15, -0.1) is 0 Å². The Labute approximate surface area is 314 Å². The molecule has 0 amide bonds. The highest BCUT2D eigenvalue weighted by Crippen LogP contribution is 2.76. The molecule has 35 heavy (non-hydrogen) atoms. The Morgan fingerprint density at radius 1 is 1.09 bits per heavy atom. The van der Waals surface area contributed by atoms with Gasteiger partial charge in [-0.3, -0.25) is 9.69 Å². The number of piperidine rings is 1. The van der Waals surface area contributed by atoms with Crippen LogP contribution in [0.2, 0.25) is 0 Å². The van der Waals surface area contributed by atoms with E-state index < -0.39 is 27.9 Å². The average Bonchev–Trinajstić information content (AvgIpc) is 3.36. The van der Waals surface area contributed by atoms with Crippen molar-refractivity contribution in [2.45, 2.75) is 129 Å². The molecule has 1 aromatic carbocycles. The van der Waals surface area contributed by atoms with E-state index in [4.69, 9.17) is 4.74 Å². The van der Waals surface area contributed by atoms with E-state index in [9.17, 15) is 15.0 Å². The number of phenols is 1. The summed E-state index contributed by atoms with van der Waals surface area (Å²) in [6, 6.07) is 0.129. The number of rotatable bonds is 2. The number of aliphatic hydroxyl groups is 1. The molecule has 1 aromatic rings. The number of ketones is 1. The van der Waals surface area contributed by atoms with E-state index in [-0.39, 0.29) is 123 Å². The van der Waals surface area contributed by atoms with Crippen molar-refractivity contribution in [3.05, 3.63) is 22.3 Å². The number of hydrogen-bond acceptors (Lipinski definition) is 5. The second-order valence-electron chi connectivity index (χ2n) is 14.2. The third-order valence-electron chi connectivity index (χ3n) is 12.2. The number of phenolic OH excluding ortho intramolecular Hbond substituents is 1. The van der Waals surface area contributed by atoms with Crippen LogP contribution in [0.25, 0.3) is 0 Å². The number of benzene rings is 1. The molecule has 6 rings (SSSR count). The summed E-state index contributed by atoms with van der Waals surface area (Å²) in [6.45, 7) is 22.4. The van der Waals surface area contributed by atoms with Gasteiger partial charge in [-0.05, 0) is 81.4 Å². The molecule has 2 saturated carbocycles. The molecule has 0 radical (unpaired) electrons. The molecule has 0 aromatic heterocycles. The van der Waals surface area contributed by atoms with Gasteiger partial charge >= 0.3 is 0 Å². The molecular weight excluding hydrogens is 438 g/mol. The largest absolute Gasteiger partial charge is 0.504 e. The molecule has 332 valence electrons. The fourth-order valence-corrected chi connectivity index (χ4v) is 9.93. The standard InChI is InChI=1S/C30H43NO4.70H2/c1-14-13-18(14)17(4)31-25-26(5,6)20-15(2)16(3)22(33)23-21(20)30(27(7,8)28(31,9)10)24(35-23)19(32)11-12-29(25,30)34;;;;;;;;;;;;;;;;;;;;;;;;;;;;;;;;;;;;;;;;;;;;;;;;;;;;;;;;;;;;;;;;;;;;;;/h14,17-18,24-25,33-34H,11-13H2,1-10H3;70*1H/t14?,17?,18?,24-,25+,29+,30-;;;;;;;;;;;;;;;;;;;;;;;;;;;;;;;;;;;;;;;;;;;;;;;;;;;;;;;;;;;;;;;;;;;;;;/m0....................................................................../s1. The lowest BCUT2D eigenvalue weighted by molar-refractivity contribution is -0.288. The van der Waals surface area contributed by atoms with Crippen molar-refractivity contribution in [1.29, 1.82) is 0 Å². The molecule has 5 heteroatoms. The van der Waals surface area contributed by atoms with E-state index in [1.807, 2.05) is 6.92 Å². The van der Waals surface area contributed by atoms with Crippen molar-refractivity contribution < 1.29 is 120 Å². The van der Waals surface area contributed by atoms with E-state index in [1.54, 1.807) is 0 Å². The Balaban J connectivity index is -0.00000000363. The van der Waals surface area contributed by atoms with Crippen molar-refractivity contribution in [3.63, 3.8) is 0 Å². The number of nitrogens with zero attached hydrogens (tertiary/aromatic N) is 1. The number of aromatic hydroxyl groups is 1. The number of hydrogen-bond donors (Lipinski definition) is 2. The number of carbonyl (C=O) groups excluding carboxylic acids is 1. The minimum atomic E-state index is -1.16. The maximum atomic E-state index is 13.6. The summed E-state index contributed by atoms with van der Waals surface area (Å²) in [5.41, 5.74) is 0.581. The Bertz CT molecular complexity index is 1280. The highest BCUT2D eigenvalue weighted by atomic mass is 16.5. The molecule has 5 nitrogen and oxygen atoms in total. The van der Waals surface area contributed by atoms with Gasteiger partial charge in [-0.2, -0.15) is 0 Å². The van der Waals surface area contributed by atoms with Gasteiger partial charge in [0.2, 0.25) is 0 Å². The third kappa shape index (κ3) is 2.17. The van der Waals surface area contributed by atoms with Crippen LogP contribution < -0.4 is 4.74 Å². The first-order valence-corrected chi connectivity index (χ1v) is 13.6. The maximum Gasteiger partial charge on any atom is 0.174 e. The summed E-state index contributed by atoms with van der Waals surface area (Å²) in [4.78, 5) is 16.3. The van der Waals surface area contributed by atoms with Crippen LogP contribution >= 0.6 is 0 Å². The van der Waals surface area contributed by atoms with Gasteiger partial charge in [0, 0.05) is 135 Å². The highest BCUT2D eigenvalue weighted by molar-refractivity contribution is 5.91. The summed E-state index contributed by atoms with van der Waals surface area (Å²) in [5.74, 6) is 1.92. The van der Waals surface area contributed by atoms with Gasteiger partial charge < -0.3 is 14.9 Å². The molecule has 2 aliphatic heterocycles. The average molecular weight is 623 g/mol. The molecule has 5 aliphatic rings. The van der Waals surface area contributed by atoms with Crippen LogP contribution in [0.4, 0.5) is 0 Å². The summed E-state index contributed by atoms with van der Waals surface area (Å²) in [6.07, 6.45) is 1.17. The first-order valence-electron chi connectivity index (χ1n) is 13.6. The number of likely N-dealkylation sites (tertiary alicyclic amines) is 1. The Morgan fingerprint density at radius 3 is 2.26 bits per heavy atom. The van der Waals surface area contributed by atoms with Crippen molar-refractivity contribution in [1.82, 2.24) is 4.90 Å². The summed E-state index contributed by atoms with van der Waals surface area (Å²) >= 11 is 0. The van der Waals surface area contributed by atoms with E-state index in [0.29, 0.717) is 36.5 Å². The third-order valence-corrected chi connectivity index (χ3v) is 12.2. The lowest BCUT2D eigenvalue weighted by atomic mass is 9.34. The second-order valence-corrected chi connectivity index (χ2v) is 14.2. The van der Waals surface area contributed by atoms with Gasteiger partial charge in [-0.1, -0.05) is 34.6 Å². The van der Waals surface area contributed by atoms with Gasteiger partial charge in [-0.25, -0.2) is 0 Å². The van der Waals surface area contributed by atoms with Crippen molar-refractivity contribution >= 4 is 5.78 Å². The lowest BCUT2D eigenvalue weighted by Gasteiger charge is -2.77. The quantitative estimate of drug-likeness (QED) is 0.343. The normalized spacial score (nSPS) is 42.3. The number of ether oxygens (including phenoxy) is 1. The molecule has 3 fully saturated rings. The first kappa shape index (κ1) is 23.8. The predicted octanol–water partition coefficient (Wildman–Crippen LogP) is 22.1. The van der Waals surface area contributed by atoms with Crippen LogP contribution in [0.3, 0.4) is 0 Å². The predicted molar refractivity (Wildman–Crippen MR) is 284 cm³/mol. The summed E-state index contributed by atoms with van der Waals surface area (Å²) in [7, 11) is 0. The molecule has 2 N–H and O–H groups in total. The van der Waals surface area contributed by atoms with Gasteiger partial charge in [0.1, 0.15) is 0 Å². The van der Waals surface area contributed by atoms with Crippen LogP contribution in [0.5, 0.6) is 11.5 Å². The topological polar surface area (TPSA) is 70.0 Å². The van der Waals surface area contributed by atoms with Gasteiger partial charge in [0.15, 0.2) is 23.4 Å². The zero-order chi connectivity index (χ0) is 25.8. The summed E-state index contributed by atoms with van der Waals surface area (Å²) < 4.78 is 6.54. The minimum Gasteiger partial charge on any atom is -0.504 e. The van der Waals surface area contributed by atoms with Crippen LogP contribution in [0, 0.1) is 31.1 Å². The van der Waals surface area contributed by atoms with Crippen LogP contribution in [-0.4, -0.2) is 50.2 Å². The smallest absolute Gasteiger partial charge is 0.174 e. The minimum absolute atomic E-state index is 0. The van der Waals surface area contributed by atoms with Gasteiger partial charge in [0.25, 0.3) is 0 Å². The monoisotopic (exact) mass is 622 g/mol. The Hall–Kier alpha value is -1.59. The Morgan fingerprint density at radius 2 is 1.69 bits per heavy atom. The zero-order valence-corrected chi connectivity index (χ0v) is 23.2. The molecule has 2 heterocycles. The molecule has 3 aliphatic carbocycles. The molecule has 7 atom stereocenters. The fourth-order valence-electron chi connectivity index (χ4n) is 9.93. The lowest BCUT2D eigenvalue weighted by Crippen LogP contribution is -2.89. The van der Waals surface area contributed by atoms with Crippen LogP contribution in [-0.2, 0) is 15.6 Å². The zero-order valence-electron chi connectivity index (χ0n) is 23.2. The van der Waals surface area contributed by atoms with E-state index >= 15 is 0 Å².